The van der Waals surface area contributed by atoms with E-state index < -0.39 is 11.3 Å². The summed E-state index contributed by atoms with van der Waals surface area (Å²) < 4.78 is 34.7. The van der Waals surface area contributed by atoms with Crippen LogP contribution < -0.4 is 15.8 Å². The molecule has 4 fully saturated rings. The number of carbonyl (C=O) groups is 1. The summed E-state index contributed by atoms with van der Waals surface area (Å²) in [4.78, 5) is 26.3. The average molecular weight is 539 g/mol. The quantitative estimate of drug-likeness (QED) is 0.472. The minimum atomic E-state index is -2.50. The lowest BCUT2D eigenvalue weighted by Gasteiger charge is -2.36. The van der Waals surface area contributed by atoms with Gasteiger partial charge in [0.2, 0.25) is 5.95 Å². The van der Waals surface area contributed by atoms with Crippen LogP contribution in [-0.4, -0.2) is 87.3 Å². The van der Waals surface area contributed by atoms with Crippen molar-refractivity contribution in [2.24, 2.45) is 11.3 Å². The predicted molar refractivity (Wildman–Crippen MR) is 141 cm³/mol. The maximum absolute atomic E-state index is 13.6. The SMILES string of the molecule is COc1cc(C(=O)N2C[C@@H]3C[C@H]2CN3C)ccc1Cn1ncc2nc(N)nc(NCC3CC4(C3)CC4(F)F)c21. The van der Waals surface area contributed by atoms with Crippen LogP contribution in [0.2, 0.25) is 0 Å². The van der Waals surface area contributed by atoms with E-state index >= 15 is 0 Å². The van der Waals surface area contributed by atoms with Crippen LogP contribution in [0, 0.1) is 11.3 Å². The first kappa shape index (κ1) is 24.5. The Morgan fingerprint density at radius 3 is 2.69 bits per heavy atom. The number of amides is 1. The second-order valence-corrected chi connectivity index (χ2v) is 11.8. The summed E-state index contributed by atoms with van der Waals surface area (Å²) in [6, 6.07) is 6.24. The lowest BCUT2D eigenvalue weighted by molar-refractivity contribution is 0.00528. The average Bonchev–Trinajstić information content (AvgIpc) is 3.29. The molecular formula is C27H32F2N8O2. The fraction of sp³-hybridized carbons (Fsp3) is 0.556. The van der Waals surface area contributed by atoms with E-state index in [1.807, 2.05) is 17.0 Å². The third-order valence-electron chi connectivity index (χ3n) is 9.26. The van der Waals surface area contributed by atoms with Gasteiger partial charge in [-0.1, -0.05) is 6.07 Å². The highest BCUT2D eigenvalue weighted by Gasteiger charge is 2.75. The highest BCUT2D eigenvalue weighted by atomic mass is 19.3. The van der Waals surface area contributed by atoms with E-state index in [2.05, 4.69) is 32.3 Å². The van der Waals surface area contributed by atoms with Gasteiger partial charge in [0.15, 0.2) is 5.82 Å². The lowest BCUT2D eigenvalue weighted by Crippen LogP contribution is -2.47. The van der Waals surface area contributed by atoms with Crippen molar-refractivity contribution >= 4 is 28.7 Å². The monoisotopic (exact) mass is 538 g/mol. The molecule has 1 amide bonds. The number of nitrogens with one attached hydrogen (secondary N) is 1. The van der Waals surface area contributed by atoms with Crippen LogP contribution in [0.15, 0.2) is 24.4 Å². The van der Waals surface area contributed by atoms with Gasteiger partial charge in [-0.15, -0.1) is 0 Å². The maximum Gasteiger partial charge on any atom is 0.254 e. The number of aromatic nitrogens is 4. The van der Waals surface area contributed by atoms with E-state index in [9.17, 15) is 13.6 Å². The van der Waals surface area contributed by atoms with Crippen LogP contribution in [0.3, 0.4) is 0 Å². The summed E-state index contributed by atoms with van der Waals surface area (Å²) in [5.41, 5.74) is 7.89. The lowest BCUT2D eigenvalue weighted by atomic mass is 9.71. The van der Waals surface area contributed by atoms with Gasteiger partial charge in [0.05, 0.1) is 19.9 Å². The Hall–Kier alpha value is -3.54. The minimum Gasteiger partial charge on any atom is -0.496 e. The third-order valence-corrected chi connectivity index (χ3v) is 9.26. The van der Waals surface area contributed by atoms with E-state index in [1.165, 1.54) is 0 Å². The molecule has 2 aliphatic carbocycles. The van der Waals surface area contributed by atoms with Gasteiger partial charge in [-0.05, 0) is 44.4 Å². The van der Waals surface area contributed by atoms with Gasteiger partial charge in [0.1, 0.15) is 16.8 Å². The first-order valence-corrected chi connectivity index (χ1v) is 13.5. The van der Waals surface area contributed by atoms with Gasteiger partial charge in [0, 0.05) is 54.7 Å². The third kappa shape index (κ3) is 3.90. The molecular weight excluding hydrogens is 506 g/mol. The minimum absolute atomic E-state index is 0.0106. The number of hydrogen-bond acceptors (Lipinski definition) is 8. The van der Waals surface area contributed by atoms with Crippen molar-refractivity contribution < 1.29 is 18.3 Å². The number of carbonyl (C=O) groups excluding carboxylic acids is 1. The molecule has 10 nitrogen and oxygen atoms in total. The zero-order valence-corrected chi connectivity index (χ0v) is 22.0. The molecule has 3 aromatic rings. The van der Waals surface area contributed by atoms with E-state index in [0.29, 0.717) is 60.1 Å². The molecule has 12 heteroatoms. The Balaban J connectivity index is 1.10. The van der Waals surface area contributed by atoms with Gasteiger partial charge in [-0.3, -0.25) is 14.4 Å². The Labute approximate surface area is 224 Å². The fourth-order valence-electron chi connectivity index (χ4n) is 6.96. The molecule has 4 heterocycles. The van der Waals surface area contributed by atoms with Crippen molar-refractivity contribution in [3.63, 3.8) is 0 Å². The highest BCUT2D eigenvalue weighted by Crippen LogP contribution is 2.72. The van der Waals surface area contributed by atoms with Crippen molar-refractivity contribution in [1.29, 1.82) is 0 Å². The standard InChI is InChI=1S/C27H32F2N8O2/c1-35-12-19-6-18(35)13-36(19)24(38)16-3-4-17(21(5-16)39-2)11-37-22-20(10-32-37)33-25(30)34-23(22)31-9-15-7-26(8-15)14-27(26,28)29/h3-5,10,15,18-19H,6-9,11-14H2,1-2H3,(H3,30,31,33,34)/t15?,18-,19-,26?/m0/s1. The van der Waals surface area contributed by atoms with Crippen molar-refractivity contribution in [3.05, 3.63) is 35.5 Å². The first-order valence-electron chi connectivity index (χ1n) is 13.5. The Bertz CT molecular complexity index is 1470. The molecule has 1 aromatic carbocycles. The number of halogens is 2. The predicted octanol–water partition coefficient (Wildman–Crippen LogP) is 2.84. The highest BCUT2D eigenvalue weighted by molar-refractivity contribution is 5.95. The summed E-state index contributed by atoms with van der Waals surface area (Å²) in [6.07, 6.45) is 3.71. The van der Waals surface area contributed by atoms with E-state index in [0.717, 1.165) is 25.1 Å². The van der Waals surface area contributed by atoms with Crippen LogP contribution in [0.1, 0.15) is 41.6 Å². The molecule has 0 radical (unpaired) electrons. The summed E-state index contributed by atoms with van der Waals surface area (Å²) in [6.45, 7) is 2.56. The molecule has 7 rings (SSSR count). The zero-order valence-electron chi connectivity index (χ0n) is 22.0. The van der Waals surface area contributed by atoms with E-state index in [-0.39, 0.29) is 30.2 Å². The van der Waals surface area contributed by atoms with Crippen LogP contribution in [0.4, 0.5) is 20.5 Å². The second kappa shape index (κ2) is 8.48. The molecule has 2 saturated heterocycles. The van der Waals surface area contributed by atoms with Crippen LogP contribution in [-0.2, 0) is 6.54 Å². The number of methoxy groups -OCH3 is 1. The molecule has 0 unspecified atom stereocenters. The van der Waals surface area contributed by atoms with Gasteiger partial charge in [0.25, 0.3) is 11.8 Å². The Morgan fingerprint density at radius 2 is 2.03 bits per heavy atom. The van der Waals surface area contributed by atoms with Crippen molar-refractivity contribution in [3.8, 4) is 5.75 Å². The van der Waals surface area contributed by atoms with Crippen molar-refractivity contribution in [1.82, 2.24) is 29.5 Å². The number of hydrogen-bond donors (Lipinski definition) is 2. The number of nitrogens with zero attached hydrogens (tertiary/aromatic N) is 6. The molecule has 2 saturated carbocycles. The van der Waals surface area contributed by atoms with Crippen LogP contribution >= 0.6 is 0 Å². The molecule has 2 bridgehead atoms. The molecule has 2 aromatic heterocycles. The number of piperazine rings is 1. The fourth-order valence-corrected chi connectivity index (χ4v) is 6.96. The number of ether oxygens (including phenoxy) is 1. The zero-order chi connectivity index (χ0) is 27.1. The number of alkyl halides is 2. The molecule has 2 aliphatic heterocycles. The first-order chi connectivity index (χ1) is 18.7. The van der Waals surface area contributed by atoms with Crippen LogP contribution in [0.25, 0.3) is 11.0 Å². The summed E-state index contributed by atoms with van der Waals surface area (Å²) in [5, 5.41) is 7.83. The molecule has 3 N–H and O–H groups in total. The van der Waals surface area contributed by atoms with Gasteiger partial charge >= 0.3 is 0 Å². The van der Waals surface area contributed by atoms with Crippen LogP contribution in [0.5, 0.6) is 5.75 Å². The molecule has 2 atom stereocenters. The molecule has 1 spiro atoms. The van der Waals surface area contributed by atoms with Gasteiger partial charge in [-0.25, -0.2) is 13.8 Å². The second-order valence-electron chi connectivity index (χ2n) is 11.8. The van der Waals surface area contributed by atoms with E-state index in [4.69, 9.17) is 10.5 Å². The number of fused-ring (bicyclic) bond motifs is 3. The number of rotatable bonds is 7. The largest absolute Gasteiger partial charge is 0.496 e. The topological polar surface area (TPSA) is 114 Å². The van der Waals surface area contributed by atoms with Crippen molar-refractivity contribution in [2.75, 3.05) is 44.8 Å². The summed E-state index contributed by atoms with van der Waals surface area (Å²) in [5.74, 6) is -1.07. The summed E-state index contributed by atoms with van der Waals surface area (Å²) >= 11 is 0. The van der Waals surface area contributed by atoms with E-state index in [1.54, 1.807) is 24.1 Å². The van der Waals surface area contributed by atoms with Gasteiger partial charge < -0.3 is 20.7 Å². The summed E-state index contributed by atoms with van der Waals surface area (Å²) in [7, 11) is 3.70. The smallest absolute Gasteiger partial charge is 0.254 e. The number of nitrogen functional groups attached to an aromatic ring is 1. The normalized spacial score (nSPS) is 28.7. The number of benzene rings is 1. The number of anilines is 2. The number of likely N-dealkylation sites (N-methyl/N-ethyl adjacent to an activating group) is 1. The molecule has 39 heavy (non-hydrogen) atoms. The van der Waals surface area contributed by atoms with Crippen molar-refractivity contribution in [2.45, 2.75) is 50.2 Å². The Morgan fingerprint density at radius 1 is 1.23 bits per heavy atom. The number of likely N-dealkylation sites (tertiary alicyclic amines) is 2. The van der Waals surface area contributed by atoms with Gasteiger partial charge in [-0.2, -0.15) is 10.1 Å². The number of nitrogens with two attached hydrogens (primary N) is 1. The molecule has 4 aliphatic rings. The maximum atomic E-state index is 13.6. The Kier molecular flexibility index (Phi) is 5.33. The molecule has 206 valence electrons.